The third-order valence-corrected chi connectivity index (χ3v) is 3.53. The van der Waals surface area contributed by atoms with Crippen molar-refractivity contribution in [2.75, 3.05) is 12.4 Å². The predicted octanol–water partition coefficient (Wildman–Crippen LogP) is 3.38. The minimum atomic E-state index is 0.594. The fourth-order valence-electron chi connectivity index (χ4n) is 1.69. The first kappa shape index (κ1) is 12.6. The Kier molecular flexibility index (Phi) is 4.35. The van der Waals surface area contributed by atoms with Crippen LogP contribution in [0, 0.1) is 11.3 Å². The van der Waals surface area contributed by atoms with E-state index in [4.69, 9.17) is 10.00 Å². The first-order valence-corrected chi connectivity index (χ1v) is 6.44. The maximum Gasteiger partial charge on any atom is 0.110 e. The molecule has 18 heavy (non-hydrogen) atoms. The van der Waals surface area contributed by atoms with E-state index in [0.29, 0.717) is 6.61 Å². The topological polar surface area (TPSA) is 45.0 Å². The molecule has 2 rings (SSSR count). The van der Waals surface area contributed by atoms with E-state index in [1.54, 1.807) is 7.11 Å². The van der Waals surface area contributed by atoms with Crippen LogP contribution in [0.2, 0.25) is 0 Å². The summed E-state index contributed by atoms with van der Waals surface area (Å²) in [6, 6.07) is 14.1. The van der Waals surface area contributed by atoms with Crippen LogP contribution in [-0.2, 0) is 17.9 Å². The molecule has 0 bridgehead atoms. The summed E-state index contributed by atoms with van der Waals surface area (Å²) in [5.74, 6) is 0. The quantitative estimate of drug-likeness (QED) is 0.894. The minimum Gasteiger partial charge on any atom is -0.380 e. The fraction of sp³-hybridized carbons (Fsp3) is 0.214. The minimum absolute atomic E-state index is 0.594. The monoisotopic (exact) mass is 258 g/mol. The van der Waals surface area contributed by atoms with E-state index in [2.05, 4.69) is 11.4 Å². The lowest BCUT2D eigenvalue weighted by molar-refractivity contribution is 0.185. The van der Waals surface area contributed by atoms with Crippen LogP contribution in [0.3, 0.4) is 0 Å². The zero-order valence-electron chi connectivity index (χ0n) is 10.1. The fourth-order valence-corrected chi connectivity index (χ4v) is 2.43. The molecule has 2 aromatic rings. The molecule has 0 radical (unpaired) electrons. The number of ether oxygens (including phenoxy) is 1. The van der Waals surface area contributed by atoms with Crippen molar-refractivity contribution in [1.29, 1.82) is 5.26 Å². The Hall–Kier alpha value is -1.83. The van der Waals surface area contributed by atoms with E-state index >= 15 is 0 Å². The molecule has 1 heterocycles. The van der Waals surface area contributed by atoms with Crippen molar-refractivity contribution in [2.45, 2.75) is 13.2 Å². The molecule has 0 amide bonds. The Morgan fingerprint density at radius 3 is 2.83 bits per heavy atom. The van der Waals surface area contributed by atoms with Crippen molar-refractivity contribution < 1.29 is 4.74 Å². The largest absolute Gasteiger partial charge is 0.380 e. The summed E-state index contributed by atoms with van der Waals surface area (Å²) < 4.78 is 5.16. The lowest BCUT2D eigenvalue weighted by atomic mass is 10.2. The van der Waals surface area contributed by atoms with Crippen LogP contribution in [0.5, 0.6) is 0 Å². The Morgan fingerprint density at radius 1 is 1.28 bits per heavy atom. The summed E-state index contributed by atoms with van der Waals surface area (Å²) in [5.41, 5.74) is 2.21. The third-order valence-electron chi connectivity index (χ3n) is 2.54. The number of hydrogen-bond donors (Lipinski definition) is 1. The number of benzene rings is 1. The van der Waals surface area contributed by atoms with Gasteiger partial charge in [0.2, 0.25) is 0 Å². The smallest absolute Gasteiger partial charge is 0.110 e. The number of nitrogens with one attached hydrogen (secondary N) is 1. The molecular formula is C14H14N2OS. The summed E-state index contributed by atoms with van der Waals surface area (Å²) in [5, 5.41) is 12.1. The van der Waals surface area contributed by atoms with Crippen LogP contribution >= 0.6 is 11.3 Å². The second-order valence-electron chi connectivity index (χ2n) is 3.82. The molecule has 0 aliphatic rings. The number of thiophene rings is 1. The Morgan fingerprint density at radius 2 is 2.11 bits per heavy atom. The first-order chi connectivity index (χ1) is 8.83. The molecule has 0 fully saturated rings. The summed E-state index contributed by atoms with van der Waals surface area (Å²) >= 11 is 1.52. The van der Waals surface area contributed by atoms with Crippen LogP contribution in [0.1, 0.15) is 15.3 Å². The van der Waals surface area contributed by atoms with Gasteiger partial charge < -0.3 is 10.1 Å². The van der Waals surface area contributed by atoms with Gasteiger partial charge in [-0.2, -0.15) is 5.26 Å². The van der Waals surface area contributed by atoms with Gasteiger partial charge in [0.1, 0.15) is 10.9 Å². The number of nitrogens with zero attached hydrogens (tertiary/aromatic N) is 1. The molecule has 3 nitrogen and oxygen atoms in total. The SMILES string of the molecule is COCc1ccccc1NCc1ccc(C#N)s1. The molecular weight excluding hydrogens is 244 g/mol. The average Bonchev–Trinajstić information content (AvgIpc) is 2.86. The highest BCUT2D eigenvalue weighted by Gasteiger charge is 2.02. The second-order valence-corrected chi connectivity index (χ2v) is 4.99. The maximum atomic E-state index is 8.77. The number of nitriles is 1. The molecule has 1 aromatic carbocycles. The average molecular weight is 258 g/mol. The van der Waals surface area contributed by atoms with Crippen molar-refractivity contribution >= 4 is 17.0 Å². The molecule has 0 saturated carbocycles. The van der Waals surface area contributed by atoms with Gasteiger partial charge in [0.25, 0.3) is 0 Å². The van der Waals surface area contributed by atoms with Gasteiger partial charge in [-0.05, 0) is 18.2 Å². The van der Waals surface area contributed by atoms with Crippen LogP contribution in [0.4, 0.5) is 5.69 Å². The zero-order chi connectivity index (χ0) is 12.8. The Bertz CT molecular complexity index is 557. The van der Waals surface area contributed by atoms with E-state index in [1.165, 1.54) is 11.3 Å². The van der Waals surface area contributed by atoms with E-state index in [9.17, 15) is 0 Å². The number of rotatable bonds is 5. The molecule has 1 aromatic heterocycles. The van der Waals surface area contributed by atoms with Gasteiger partial charge >= 0.3 is 0 Å². The second kappa shape index (κ2) is 6.20. The molecule has 0 spiro atoms. The standard InChI is InChI=1S/C14H14N2OS/c1-17-10-11-4-2-3-5-14(11)16-9-13-7-6-12(8-15)18-13/h2-7,16H,9-10H2,1H3. The molecule has 0 aliphatic carbocycles. The number of methoxy groups -OCH3 is 1. The van der Waals surface area contributed by atoms with E-state index in [-0.39, 0.29) is 0 Å². The normalized spacial score (nSPS) is 10.0. The first-order valence-electron chi connectivity index (χ1n) is 5.63. The van der Waals surface area contributed by atoms with E-state index in [0.717, 1.165) is 27.5 Å². The summed E-state index contributed by atoms with van der Waals surface area (Å²) in [6.07, 6.45) is 0. The number of hydrogen-bond acceptors (Lipinski definition) is 4. The summed E-state index contributed by atoms with van der Waals surface area (Å²) in [7, 11) is 1.69. The Labute approximate surface area is 111 Å². The molecule has 1 N–H and O–H groups in total. The van der Waals surface area contributed by atoms with Crippen molar-refractivity contribution in [1.82, 2.24) is 0 Å². The molecule has 0 unspecified atom stereocenters. The summed E-state index contributed by atoms with van der Waals surface area (Å²) in [4.78, 5) is 1.90. The van der Waals surface area contributed by atoms with Crippen LogP contribution in [0.25, 0.3) is 0 Å². The van der Waals surface area contributed by atoms with Gasteiger partial charge in [0.15, 0.2) is 0 Å². The number of para-hydroxylation sites is 1. The van der Waals surface area contributed by atoms with Crippen LogP contribution in [-0.4, -0.2) is 7.11 Å². The third kappa shape index (κ3) is 3.10. The van der Waals surface area contributed by atoms with Crippen LogP contribution < -0.4 is 5.32 Å². The highest BCUT2D eigenvalue weighted by Crippen LogP contribution is 2.20. The van der Waals surface area contributed by atoms with E-state index in [1.807, 2.05) is 36.4 Å². The van der Waals surface area contributed by atoms with Crippen molar-refractivity contribution in [3.8, 4) is 6.07 Å². The lowest BCUT2D eigenvalue weighted by Gasteiger charge is -2.10. The summed E-state index contributed by atoms with van der Waals surface area (Å²) in [6.45, 7) is 1.32. The molecule has 92 valence electrons. The van der Waals surface area contributed by atoms with Gasteiger partial charge in [-0.15, -0.1) is 11.3 Å². The van der Waals surface area contributed by atoms with Gasteiger partial charge in [-0.1, -0.05) is 18.2 Å². The molecule has 0 aliphatic heterocycles. The van der Waals surface area contributed by atoms with Gasteiger partial charge in [-0.3, -0.25) is 0 Å². The van der Waals surface area contributed by atoms with Crippen molar-refractivity contribution in [3.05, 3.63) is 51.7 Å². The predicted molar refractivity (Wildman–Crippen MR) is 73.5 cm³/mol. The van der Waals surface area contributed by atoms with Gasteiger partial charge in [0, 0.05) is 29.8 Å². The van der Waals surface area contributed by atoms with Gasteiger partial charge in [-0.25, -0.2) is 0 Å². The zero-order valence-corrected chi connectivity index (χ0v) is 11.0. The van der Waals surface area contributed by atoms with E-state index < -0.39 is 0 Å². The molecule has 4 heteroatoms. The van der Waals surface area contributed by atoms with Gasteiger partial charge in [0.05, 0.1) is 6.61 Å². The lowest BCUT2D eigenvalue weighted by Crippen LogP contribution is -2.01. The maximum absolute atomic E-state index is 8.77. The highest BCUT2D eigenvalue weighted by molar-refractivity contribution is 7.12. The van der Waals surface area contributed by atoms with Crippen molar-refractivity contribution in [2.24, 2.45) is 0 Å². The molecule has 0 saturated heterocycles. The number of anilines is 1. The highest BCUT2D eigenvalue weighted by atomic mass is 32.1. The molecule has 0 atom stereocenters. The van der Waals surface area contributed by atoms with Crippen molar-refractivity contribution in [3.63, 3.8) is 0 Å². The van der Waals surface area contributed by atoms with Crippen LogP contribution in [0.15, 0.2) is 36.4 Å². The Balaban J connectivity index is 2.03.